The molecule has 2 heterocycles. The first-order valence-electron chi connectivity index (χ1n) is 6.06. The van der Waals surface area contributed by atoms with E-state index >= 15 is 0 Å². The van der Waals surface area contributed by atoms with Gasteiger partial charge in [0.15, 0.2) is 6.29 Å². The maximum absolute atomic E-state index is 5.77. The van der Waals surface area contributed by atoms with Gasteiger partial charge in [0.2, 0.25) is 0 Å². The molecule has 2 saturated heterocycles. The summed E-state index contributed by atoms with van der Waals surface area (Å²) in [5, 5.41) is 3.41. The van der Waals surface area contributed by atoms with E-state index in [1.54, 1.807) is 0 Å². The van der Waals surface area contributed by atoms with Gasteiger partial charge in [-0.25, -0.2) is 0 Å². The van der Waals surface area contributed by atoms with Crippen LogP contribution in [-0.4, -0.2) is 38.6 Å². The highest BCUT2D eigenvalue weighted by Crippen LogP contribution is 2.23. The molecule has 0 radical (unpaired) electrons. The van der Waals surface area contributed by atoms with Gasteiger partial charge in [0, 0.05) is 6.42 Å². The third kappa shape index (κ3) is 3.41. The molecule has 4 heteroatoms. The number of piperidine rings is 1. The van der Waals surface area contributed by atoms with Crippen molar-refractivity contribution in [2.24, 2.45) is 11.7 Å². The van der Waals surface area contributed by atoms with Crippen molar-refractivity contribution in [2.45, 2.75) is 38.1 Å². The molecule has 0 saturated carbocycles. The Hall–Kier alpha value is -0.160. The molecule has 15 heavy (non-hydrogen) atoms. The van der Waals surface area contributed by atoms with Gasteiger partial charge < -0.3 is 20.5 Å². The van der Waals surface area contributed by atoms with Crippen molar-refractivity contribution < 1.29 is 9.47 Å². The van der Waals surface area contributed by atoms with Crippen molar-refractivity contribution in [3.8, 4) is 0 Å². The van der Waals surface area contributed by atoms with Gasteiger partial charge >= 0.3 is 0 Å². The van der Waals surface area contributed by atoms with Crippen LogP contribution in [0.5, 0.6) is 0 Å². The first-order valence-corrected chi connectivity index (χ1v) is 6.06. The molecule has 2 rings (SSSR count). The molecule has 2 fully saturated rings. The maximum atomic E-state index is 5.77. The van der Waals surface area contributed by atoms with Gasteiger partial charge in [0.1, 0.15) is 0 Å². The summed E-state index contributed by atoms with van der Waals surface area (Å²) in [6.07, 6.45) is 4.79. The lowest BCUT2D eigenvalue weighted by atomic mass is 9.96. The Balaban J connectivity index is 1.67. The fourth-order valence-corrected chi connectivity index (χ4v) is 2.37. The second-order valence-electron chi connectivity index (χ2n) is 4.55. The number of ether oxygens (including phenoxy) is 2. The quantitative estimate of drug-likeness (QED) is 0.714. The second kappa shape index (κ2) is 5.80. The SMILES string of the molecule is NCCC1COC(CC2CCCNC2)O1. The van der Waals surface area contributed by atoms with E-state index in [0.717, 1.165) is 31.9 Å². The van der Waals surface area contributed by atoms with Crippen LogP contribution in [0.2, 0.25) is 0 Å². The third-order valence-corrected chi connectivity index (χ3v) is 3.23. The van der Waals surface area contributed by atoms with Crippen LogP contribution in [0.25, 0.3) is 0 Å². The van der Waals surface area contributed by atoms with E-state index in [1.807, 2.05) is 0 Å². The zero-order valence-corrected chi connectivity index (χ0v) is 9.28. The highest BCUT2D eigenvalue weighted by Gasteiger charge is 2.28. The molecule has 88 valence electrons. The lowest BCUT2D eigenvalue weighted by Gasteiger charge is -2.24. The Morgan fingerprint density at radius 2 is 2.33 bits per heavy atom. The molecular formula is C11H22N2O2. The summed E-state index contributed by atoms with van der Waals surface area (Å²) in [7, 11) is 0. The molecule has 2 aliphatic heterocycles. The lowest BCUT2D eigenvalue weighted by Crippen LogP contribution is -2.32. The maximum Gasteiger partial charge on any atom is 0.158 e. The first-order chi connectivity index (χ1) is 7.38. The zero-order chi connectivity index (χ0) is 10.5. The molecule has 0 aliphatic carbocycles. The summed E-state index contributed by atoms with van der Waals surface area (Å²) in [6, 6.07) is 0. The topological polar surface area (TPSA) is 56.5 Å². The lowest BCUT2D eigenvalue weighted by molar-refractivity contribution is -0.0732. The van der Waals surface area contributed by atoms with Crippen LogP contribution in [0.3, 0.4) is 0 Å². The monoisotopic (exact) mass is 214 g/mol. The normalized spacial score (nSPS) is 37.0. The van der Waals surface area contributed by atoms with E-state index in [1.165, 1.54) is 19.4 Å². The molecular weight excluding hydrogens is 192 g/mol. The molecule has 0 amide bonds. The molecule has 0 aromatic heterocycles. The van der Waals surface area contributed by atoms with E-state index in [9.17, 15) is 0 Å². The van der Waals surface area contributed by atoms with E-state index in [4.69, 9.17) is 15.2 Å². The minimum absolute atomic E-state index is 0.0199. The van der Waals surface area contributed by atoms with E-state index < -0.39 is 0 Å². The highest BCUT2D eigenvalue weighted by atomic mass is 16.7. The molecule has 3 atom stereocenters. The van der Waals surface area contributed by atoms with Crippen molar-refractivity contribution >= 4 is 0 Å². The van der Waals surface area contributed by atoms with E-state index in [-0.39, 0.29) is 12.4 Å². The molecule has 0 aromatic carbocycles. The largest absolute Gasteiger partial charge is 0.350 e. The van der Waals surface area contributed by atoms with Crippen LogP contribution in [0, 0.1) is 5.92 Å². The number of hydrogen-bond donors (Lipinski definition) is 2. The fourth-order valence-electron chi connectivity index (χ4n) is 2.37. The van der Waals surface area contributed by atoms with Crippen LogP contribution >= 0.6 is 0 Å². The standard InChI is InChI=1S/C11H22N2O2/c12-4-3-10-8-14-11(15-10)6-9-2-1-5-13-7-9/h9-11,13H,1-8,12H2. The summed E-state index contributed by atoms with van der Waals surface area (Å²) >= 11 is 0. The van der Waals surface area contributed by atoms with Crippen molar-refractivity contribution in [3.63, 3.8) is 0 Å². The van der Waals surface area contributed by atoms with Gasteiger partial charge in [-0.05, 0) is 44.8 Å². The summed E-state index contributed by atoms with van der Waals surface area (Å²) in [6.45, 7) is 3.69. The highest BCUT2D eigenvalue weighted by molar-refractivity contribution is 4.73. The van der Waals surface area contributed by atoms with Crippen molar-refractivity contribution in [1.29, 1.82) is 0 Å². The van der Waals surface area contributed by atoms with Crippen LogP contribution < -0.4 is 11.1 Å². The molecule has 3 N–H and O–H groups in total. The van der Waals surface area contributed by atoms with Crippen molar-refractivity contribution in [1.82, 2.24) is 5.32 Å². The van der Waals surface area contributed by atoms with Gasteiger partial charge in [-0.3, -0.25) is 0 Å². The van der Waals surface area contributed by atoms with E-state index in [0.29, 0.717) is 6.54 Å². The molecule has 4 nitrogen and oxygen atoms in total. The average Bonchev–Trinajstić information content (AvgIpc) is 2.68. The zero-order valence-electron chi connectivity index (χ0n) is 9.28. The van der Waals surface area contributed by atoms with Crippen molar-refractivity contribution in [2.75, 3.05) is 26.2 Å². The molecule has 0 spiro atoms. The van der Waals surface area contributed by atoms with Crippen LogP contribution in [0.15, 0.2) is 0 Å². The van der Waals surface area contributed by atoms with E-state index in [2.05, 4.69) is 5.32 Å². The Labute approximate surface area is 91.5 Å². The van der Waals surface area contributed by atoms with Gasteiger partial charge in [0.05, 0.1) is 12.7 Å². The average molecular weight is 214 g/mol. The molecule has 0 aromatic rings. The van der Waals surface area contributed by atoms with Gasteiger partial charge in [-0.2, -0.15) is 0 Å². The Bertz CT molecular complexity index is 183. The number of nitrogens with two attached hydrogens (primary N) is 1. The summed E-state index contributed by atoms with van der Waals surface area (Å²) < 4.78 is 11.4. The predicted octanol–water partition coefficient (Wildman–Crippen LogP) is 0.466. The van der Waals surface area contributed by atoms with Gasteiger partial charge in [-0.1, -0.05) is 0 Å². The fraction of sp³-hybridized carbons (Fsp3) is 1.00. The molecule has 2 aliphatic rings. The summed E-state index contributed by atoms with van der Waals surface area (Å²) in [5.74, 6) is 0.723. The van der Waals surface area contributed by atoms with Crippen LogP contribution in [0.4, 0.5) is 0 Å². The summed E-state index contributed by atoms with van der Waals surface area (Å²) in [5.41, 5.74) is 5.49. The van der Waals surface area contributed by atoms with Crippen LogP contribution in [-0.2, 0) is 9.47 Å². The van der Waals surface area contributed by atoms with Gasteiger partial charge in [-0.15, -0.1) is 0 Å². The Morgan fingerprint density at radius 3 is 3.07 bits per heavy atom. The summed E-state index contributed by atoms with van der Waals surface area (Å²) in [4.78, 5) is 0. The minimum atomic E-state index is 0.0199. The molecule has 3 unspecified atom stereocenters. The first kappa shape index (κ1) is 11.3. The predicted molar refractivity (Wildman–Crippen MR) is 58.5 cm³/mol. The smallest absolute Gasteiger partial charge is 0.158 e. The molecule has 0 bridgehead atoms. The van der Waals surface area contributed by atoms with Crippen molar-refractivity contribution in [3.05, 3.63) is 0 Å². The van der Waals surface area contributed by atoms with Gasteiger partial charge in [0.25, 0.3) is 0 Å². The number of nitrogens with one attached hydrogen (secondary N) is 1. The Kier molecular flexibility index (Phi) is 4.38. The van der Waals surface area contributed by atoms with Crippen LogP contribution in [0.1, 0.15) is 25.7 Å². The minimum Gasteiger partial charge on any atom is -0.350 e. The second-order valence-corrected chi connectivity index (χ2v) is 4.55. The number of hydrogen-bond acceptors (Lipinski definition) is 4. The Morgan fingerprint density at radius 1 is 1.40 bits per heavy atom. The number of rotatable bonds is 4. The third-order valence-electron chi connectivity index (χ3n) is 3.23.